The molecule has 0 amide bonds. The molecule has 0 spiro atoms. The quantitative estimate of drug-likeness (QED) is 0.562. The van der Waals surface area contributed by atoms with E-state index in [2.05, 4.69) is 20.8 Å². The summed E-state index contributed by atoms with van der Waals surface area (Å²) in [5.41, 5.74) is 0. The first kappa shape index (κ1) is 13.3. The van der Waals surface area contributed by atoms with Crippen molar-refractivity contribution in [2.45, 2.75) is 26.1 Å². The Kier molecular flexibility index (Phi) is 5.92. The van der Waals surface area contributed by atoms with E-state index in [1.54, 1.807) is 19.9 Å². The highest BCUT2D eigenvalue weighted by Gasteiger charge is 2.30. The van der Waals surface area contributed by atoms with E-state index in [0.717, 1.165) is 0 Å². The number of rotatable bonds is 2. The molecule has 0 aromatic carbocycles. The molecule has 0 saturated carbocycles. The topological polar surface area (TPSA) is 82.1 Å². The van der Waals surface area contributed by atoms with Crippen molar-refractivity contribution in [1.29, 1.82) is 0 Å². The smallest absolute Gasteiger partial charge is 0.450 e. The van der Waals surface area contributed by atoms with Crippen LogP contribution in [0.5, 0.6) is 0 Å². The zero-order valence-corrected chi connectivity index (χ0v) is 8.63. The van der Waals surface area contributed by atoms with Crippen LogP contribution in [0.4, 0.5) is 9.59 Å². The van der Waals surface area contributed by atoms with Gasteiger partial charge >= 0.3 is 12.3 Å². The fourth-order valence-electron chi connectivity index (χ4n) is 0.817. The van der Waals surface area contributed by atoms with Crippen LogP contribution in [-0.2, 0) is 14.2 Å². The molecule has 1 saturated heterocycles. The Balaban J connectivity index is 0.000000288. The number of carboxylic acid groups (broad SMARTS) is 1. The second kappa shape index (κ2) is 6.69. The molecule has 0 radical (unpaired) electrons. The summed E-state index contributed by atoms with van der Waals surface area (Å²) in [6.45, 7) is 7.08. The van der Waals surface area contributed by atoms with Crippen LogP contribution in [0, 0.1) is 0 Å². The number of carbonyl (C=O) groups excluding carboxylic acids is 1. The van der Waals surface area contributed by atoms with Crippen molar-refractivity contribution >= 4 is 12.3 Å². The normalized spacial score (nSPS) is 22.9. The van der Waals surface area contributed by atoms with Crippen LogP contribution in [-0.4, -0.2) is 36.2 Å². The second-order valence-electron chi connectivity index (χ2n) is 2.59. The Morgan fingerprint density at radius 1 is 1.67 bits per heavy atom. The van der Waals surface area contributed by atoms with Crippen LogP contribution < -0.4 is 0 Å². The molecule has 1 heterocycles. The lowest BCUT2D eigenvalue weighted by atomic mass is 10.2. The third kappa shape index (κ3) is 5.56. The minimum Gasteiger partial charge on any atom is -0.450 e. The third-order valence-electron chi connectivity index (χ3n) is 1.48. The molecule has 6 nitrogen and oxygen atoms in total. The summed E-state index contributed by atoms with van der Waals surface area (Å²) in [6.07, 6.45) is -0.715. The van der Waals surface area contributed by atoms with Gasteiger partial charge < -0.3 is 19.3 Å². The van der Waals surface area contributed by atoms with Crippen LogP contribution in [0.25, 0.3) is 0 Å². The lowest BCUT2D eigenvalue weighted by molar-refractivity contribution is 0.0965. The third-order valence-corrected chi connectivity index (χ3v) is 1.48. The van der Waals surface area contributed by atoms with Crippen molar-refractivity contribution < 1.29 is 28.9 Å². The van der Waals surface area contributed by atoms with E-state index >= 15 is 0 Å². The van der Waals surface area contributed by atoms with Crippen molar-refractivity contribution in [3.8, 4) is 0 Å². The van der Waals surface area contributed by atoms with Gasteiger partial charge in [-0.1, -0.05) is 6.58 Å². The molecule has 0 aromatic heterocycles. The molecular formula is C9H14O6. The maximum Gasteiger partial charge on any atom is 0.509 e. The van der Waals surface area contributed by atoms with Gasteiger partial charge in [-0.2, -0.15) is 0 Å². The molecule has 1 N–H and O–H groups in total. The van der Waals surface area contributed by atoms with Gasteiger partial charge in [0.1, 0.15) is 6.10 Å². The maximum atomic E-state index is 10.3. The Bertz CT molecular complexity index is 237. The highest BCUT2D eigenvalue weighted by molar-refractivity contribution is 5.62. The van der Waals surface area contributed by atoms with Crippen molar-refractivity contribution in [3.05, 3.63) is 12.7 Å². The molecule has 0 bridgehead atoms. The van der Waals surface area contributed by atoms with E-state index in [1.807, 2.05) is 0 Å². The standard InChI is InChI=1S/C6H8O3.C3H6O3/c1-3-5-4(2)8-6(7)9-5;1-2-6-3(4)5/h3-5H,1H2,2H3;2H2,1H3,(H,4,5). The molecular weight excluding hydrogens is 204 g/mol. The van der Waals surface area contributed by atoms with E-state index in [1.165, 1.54) is 0 Å². The average Bonchev–Trinajstić information content (AvgIpc) is 2.45. The molecule has 0 aliphatic carbocycles. The SMILES string of the molecule is C=CC1OC(=O)OC1C.CCOC(=O)O. The van der Waals surface area contributed by atoms with Gasteiger partial charge in [0.2, 0.25) is 0 Å². The number of hydrogen-bond acceptors (Lipinski definition) is 5. The largest absolute Gasteiger partial charge is 0.509 e. The highest BCUT2D eigenvalue weighted by Crippen LogP contribution is 2.14. The molecule has 86 valence electrons. The zero-order chi connectivity index (χ0) is 11.8. The van der Waals surface area contributed by atoms with Gasteiger partial charge in [-0.3, -0.25) is 0 Å². The van der Waals surface area contributed by atoms with Gasteiger partial charge in [-0.25, -0.2) is 9.59 Å². The highest BCUT2D eigenvalue weighted by atomic mass is 16.8. The van der Waals surface area contributed by atoms with Gasteiger partial charge in [0.05, 0.1) is 6.61 Å². The van der Waals surface area contributed by atoms with Crippen molar-refractivity contribution in [3.63, 3.8) is 0 Å². The first-order valence-corrected chi connectivity index (χ1v) is 4.36. The van der Waals surface area contributed by atoms with Gasteiger partial charge in [0, 0.05) is 0 Å². The van der Waals surface area contributed by atoms with E-state index in [4.69, 9.17) is 5.11 Å². The summed E-state index contributed by atoms with van der Waals surface area (Å²) < 4.78 is 13.2. The molecule has 6 heteroatoms. The second-order valence-corrected chi connectivity index (χ2v) is 2.59. The van der Waals surface area contributed by atoms with Crippen molar-refractivity contribution in [1.82, 2.24) is 0 Å². The lowest BCUT2D eigenvalue weighted by Crippen LogP contribution is -2.14. The number of carbonyl (C=O) groups is 2. The molecule has 1 aliphatic rings. The Labute approximate surface area is 87.4 Å². The molecule has 2 unspecified atom stereocenters. The molecule has 2 atom stereocenters. The van der Waals surface area contributed by atoms with Crippen LogP contribution >= 0.6 is 0 Å². The predicted octanol–water partition coefficient (Wildman–Crippen LogP) is 1.80. The summed E-state index contributed by atoms with van der Waals surface area (Å²) in [6, 6.07) is 0. The van der Waals surface area contributed by atoms with Crippen LogP contribution in [0.2, 0.25) is 0 Å². The Morgan fingerprint density at radius 2 is 2.27 bits per heavy atom. The van der Waals surface area contributed by atoms with Crippen molar-refractivity contribution in [2.24, 2.45) is 0 Å². The maximum absolute atomic E-state index is 10.3. The molecule has 0 aromatic rings. The monoisotopic (exact) mass is 218 g/mol. The van der Waals surface area contributed by atoms with Gasteiger partial charge in [-0.15, -0.1) is 0 Å². The molecule has 1 fully saturated rings. The van der Waals surface area contributed by atoms with E-state index in [0.29, 0.717) is 0 Å². The van der Waals surface area contributed by atoms with Crippen molar-refractivity contribution in [2.75, 3.05) is 6.61 Å². The minimum atomic E-state index is -1.21. The molecule has 1 rings (SSSR count). The number of ether oxygens (including phenoxy) is 3. The first-order valence-electron chi connectivity index (χ1n) is 4.36. The van der Waals surface area contributed by atoms with Gasteiger partial charge in [0.25, 0.3) is 0 Å². The van der Waals surface area contributed by atoms with Gasteiger partial charge in [0.15, 0.2) is 6.10 Å². The van der Waals surface area contributed by atoms with E-state index in [9.17, 15) is 9.59 Å². The summed E-state index contributed by atoms with van der Waals surface area (Å²) in [5, 5.41) is 7.69. The van der Waals surface area contributed by atoms with Gasteiger partial charge in [-0.05, 0) is 19.9 Å². The molecule has 15 heavy (non-hydrogen) atoms. The molecule has 1 aliphatic heterocycles. The fourth-order valence-corrected chi connectivity index (χ4v) is 0.817. The van der Waals surface area contributed by atoms with Crippen LogP contribution in [0.15, 0.2) is 12.7 Å². The lowest BCUT2D eigenvalue weighted by Gasteiger charge is -2.02. The minimum absolute atomic E-state index is 0.185. The van der Waals surface area contributed by atoms with E-state index < -0.39 is 12.3 Å². The number of hydrogen-bond donors (Lipinski definition) is 1. The summed E-state index contributed by atoms with van der Waals surface area (Å²) in [4.78, 5) is 19.7. The summed E-state index contributed by atoms with van der Waals surface area (Å²) >= 11 is 0. The fraction of sp³-hybridized carbons (Fsp3) is 0.556. The average molecular weight is 218 g/mol. The summed E-state index contributed by atoms with van der Waals surface area (Å²) in [5.74, 6) is 0. The number of cyclic esters (lactones) is 2. The van der Waals surface area contributed by atoms with Crippen LogP contribution in [0.1, 0.15) is 13.8 Å². The Morgan fingerprint density at radius 3 is 2.40 bits per heavy atom. The van der Waals surface area contributed by atoms with Crippen LogP contribution in [0.3, 0.4) is 0 Å². The zero-order valence-electron chi connectivity index (χ0n) is 8.63. The predicted molar refractivity (Wildman–Crippen MR) is 50.7 cm³/mol. The summed E-state index contributed by atoms with van der Waals surface area (Å²) in [7, 11) is 0. The first-order chi connectivity index (χ1) is 7.01. The Hall–Kier alpha value is -1.72. The van der Waals surface area contributed by atoms with E-state index in [-0.39, 0.29) is 18.8 Å².